The van der Waals surface area contributed by atoms with Gasteiger partial charge in [-0.3, -0.25) is 4.79 Å². The van der Waals surface area contributed by atoms with Crippen LogP contribution in [-0.4, -0.2) is 24.4 Å². The van der Waals surface area contributed by atoms with Crippen molar-refractivity contribution in [1.29, 1.82) is 0 Å². The van der Waals surface area contributed by atoms with E-state index < -0.39 is 12.0 Å². The maximum atomic E-state index is 10.7. The molecule has 0 fully saturated rings. The molecule has 0 saturated heterocycles. The van der Waals surface area contributed by atoms with E-state index >= 15 is 0 Å². The van der Waals surface area contributed by atoms with E-state index in [9.17, 15) is 4.79 Å². The first-order valence-electron chi connectivity index (χ1n) is 2.86. The summed E-state index contributed by atoms with van der Waals surface area (Å²) in [4.78, 5) is 10.7. The van der Waals surface area contributed by atoms with Crippen molar-refractivity contribution in [3.05, 3.63) is 12.7 Å². The molecule has 74 valence electrons. The Morgan fingerprint density at radius 1 is 1.67 bits per heavy atom. The molecular formula is C6H13Cl2NO2S. The quantitative estimate of drug-likeness (QED) is 0.430. The Morgan fingerprint density at radius 2 is 2.17 bits per heavy atom. The largest absolute Gasteiger partial charge is 0.460 e. The van der Waals surface area contributed by atoms with Gasteiger partial charge in [-0.1, -0.05) is 12.7 Å². The first-order chi connectivity index (χ1) is 4.72. The van der Waals surface area contributed by atoms with Crippen molar-refractivity contribution in [3.8, 4) is 0 Å². The van der Waals surface area contributed by atoms with E-state index in [4.69, 9.17) is 5.73 Å². The molecule has 0 unspecified atom stereocenters. The molecule has 6 heteroatoms. The average molecular weight is 234 g/mol. The highest BCUT2D eigenvalue weighted by molar-refractivity contribution is 7.80. The number of halogens is 2. The van der Waals surface area contributed by atoms with Crippen molar-refractivity contribution in [2.24, 2.45) is 5.73 Å². The highest BCUT2D eigenvalue weighted by Crippen LogP contribution is 1.88. The summed E-state index contributed by atoms with van der Waals surface area (Å²) in [7, 11) is 0. The van der Waals surface area contributed by atoms with Crippen LogP contribution in [0.25, 0.3) is 0 Å². The third-order valence-corrected chi connectivity index (χ3v) is 1.24. The van der Waals surface area contributed by atoms with Gasteiger partial charge in [0.25, 0.3) is 0 Å². The third kappa shape index (κ3) is 8.20. The zero-order valence-electron chi connectivity index (χ0n) is 6.43. The number of nitrogens with two attached hydrogens (primary N) is 1. The lowest BCUT2D eigenvalue weighted by Gasteiger charge is -2.05. The Morgan fingerprint density at radius 3 is 2.50 bits per heavy atom. The highest BCUT2D eigenvalue weighted by atomic mass is 35.5. The number of hydrogen-bond acceptors (Lipinski definition) is 4. The second-order valence-electron chi connectivity index (χ2n) is 1.71. The van der Waals surface area contributed by atoms with E-state index in [0.717, 1.165) is 0 Å². The molecule has 0 bridgehead atoms. The molecule has 0 aromatic carbocycles. The third-order valence-electron chi connectivity index (χ3n) is 0.843. The highest BCUT2D eigenvalue weighted by Gasteiger charge is 2.10. The van der Waals surface area contributed by atoms with Crippen molar-refractivity contribution < 1.29 is 9.53 Å². The van der Waals surface area contributed by atoms with Crippen LogP contribution in [0.2, 0.25) is 0 Å². The van der Waals surface area contributed by atoms with E-state index in [-0.39, 0.29) is 31.4 Å². The fraction of sp³-hybridized carbons (Fsp3) is 0.500. The fourth-order valence-corrected chi connectivity index (χ4v) is 0.472. The SMILES string of the molecule is C=CCOC(=O)[C@@H](N)CS.Cl.Cl. The first-order valence-corrected chi connectivity index (χ1v) is 3.49. The summed E-state index contributed by atoms with van der Waals surface area (Å²) in [6.45, 7) is 3.59. The van der Waals surface area contributed by atoms with Gasteiger partial charge >= 0.3 is 5.97 Å². The molecule has 0 amide bonds. The van der Waals surface area contributed by atoms with Gasteiger partial charge in [0, 0.05) is 5.75 Å². The molecule has 0 spiro atoms. The normalized spacial score (nSPS) is 10.2. The fourth-order valence-electron chi connectivity index (χ4n) is 0.323. The minimum atomic E-state index is -0.622. The molecule has 0 aromatic heterocycles. The monoisotopic (exact) mass is 233 g/mol. The van der Waals surface area contributed by atoms with Crippen LogP contribution < -0.4 is 5.73 Å². The Bertz CT molecular complexity index is 135. The molecule has 0 aromatic rings. The Kier molecular flexibility index (Phi) is 16.7. The van der Waals surface area contributed by atoms with Crippen molar-refractivity contribution >= 4 is 43.4 Å². The van der Waals surface area contributed by atoms with Crippen LogP contribution in [0.15, 0.2) is 12.7 Å². The zero-order valence-corrected chi connectivity index (χ0v) is 8.96. The summed E-state index contributed by atoms with van der Waals surface area (Å²) in [6, 6.07) is -0.622. The van der Waals surface area contributed by atoms with E-state index in [1.807, 2.05) is 0 Å². The molecule has 3 nitrogen and oxygen atoms in total. The van der Waals surface area contributed by atoms with Crippen molar-refractivity contribution in [1.82, 2.24) is 0 Å². The smallest absolute Gasteiger partial charge is 0.324 e. The predicted octanol–water partition coefficient (Wildman–Crippen LogP) is 0.816. The molecule has 2 N–H and O–H groups in total. The molecular weight excluding hydrogens is 221 g/mol. The molecule has 0 aliphatic carbocycles. The van der Waals surface area contributed by atoms with Gasteiger partial charge < -0.3 is 10.5 Å². The Labute approximate surface area is 90.0 Å². The molecule has 0 saturated carbocycles. The van der Waals surface area contributed by atoms with Gasteiger partial charge in [0.1, 0.15) is 12.6 Å². The second kappa shape index (κ2) is 11.1. The molecule has 0 rings (SSSR count). The van der Waals surface area contributed by atoms with Crippen LogP contribution in [0, 0.1) is 0 Å². The standard InChI is InChI=1S/C6H11NO2S.2ClH/c1-2-3-9-6(8)5(7)4-10;;/h2,5,10H,1,3-4,7H2;2*1H/t5-;;/m0../s1. The lowest BCUT2D eigenvalue weighted by atomic mass is 10.4. The van der Waals surface area contributed by atoms with Crippen LogP contribution in [0.3, 0.4) is 0 Å². The van der Waals surface area contributed by atoms with Gasteiger partial charge in [0.15, 0.2) is 0 Å². The predicted molar refractivity (Wildman–Crippen MR) is 57.5 cm³/mol. The molecule has 12 heavy (non-hydrogen) atoms. The molecule has 0 radical (unpaired) electrons. The van der Waals surface area contributed by atoms with E-state index in [0.29, 0.717) is 5.75 Å². The summed E-state index contributed by atoms with van der Waals surface area (Å²) < 4.78 is 4.61. The molecule has 0 heterocycles. The molecule has 1 atom stereocenters. The van der Waals surface area contributed by atoms with E-state index in [1.165, 1.54) is 6.08 Å². The minimum absolute atomic E-state index is 0. The minimum Gasteiger partial charge on any atom is -0.460 e. The van der Waals surface area contributed by atoms with Gasteiger partial charge in [0.2, 0.25) is 0 Å². The summed E-state index contributed by atoms with van der Waals surface area (Å²) >= 11 is 3.83. The van der Waals surface area contributed by atoms with Crippen LogP contribution in [0.4, 0.5) is 0 Å². The number of rotatable bonds is 4. The lowest BCUT2D eigenvalue weighted by molar-refractivity contribution is -0.143. The number of esters is 1. The zero-order chi connectivity index (χ0) is 7.98. The summed E-state index contributed by atoms with van der Waals surface area (Å²) in [5.74, 6) is -0.134. The van der Waals surface area contributed by atoms with Crippen molar-refractivity contribution in [2.75, 3.05) is 12.4 Å². The van der Waals surface area contributed by atoms with Crippen molar-refractivity contribution in [2.45, 2.75) is 6.04 Å². The van der Waals surface area contributed by atoms with Gasteiger partial charge in [0.05, 0.1) is 0 Å². The van der Waals surface area contributed by atoms with E-state index in [2.05, 4.69) is 23.9 Å². The number of carbonyl (C=O) groups is 1. The maximum absolute atomic E-state index is 10.7. The number of thiol groups is 1. The Balaban J connectivity index is -0.000000405. The summed E-state index contributed by atoms with van der Waals surface area (Å²) in [5, 5.41) is 0. The lowest BCUT2D eigenvalue weighted by Crippen LogP contribution is -2.33. The van der Waals surface area contributed by atoms with Crippen LogP contribution in [0.1, 0.15) is 0 Å². The van der Waals surface area contributed by atoms with Gasteiger partial charge in [-0.2, -0.15) is 12.6 Å². The molecule has 0 aliphatic rings. The Hall–Kier alpha value is 0.1000. The average Bonchev–Trinajstić information content (AvgIpc) is 1.98. The second-order valence-corrected chi connectivity index (χ2v) is 2.07. The van der Waals surface area contributed by atoms with Gasteiger partial charge in [-0.05, 0) is 0 Å². The van der Waals surface area contributed by atoms with Crippen molar-refractivity contribution in [3.63, 3.8) is 0 Å². The molecule has 0 aliphatic heterocycles. The van der Waals surface area contributed by atoms with Crippen LogP contribution in [-0.2, 0) is 9.53 Å². The van der Waals surface area contributed by atoms with Gasteiger partial charge in [-0.15, -0.1) is 24.8 Å². The number of hydrogen-bond donors (Lipinski definition) is 2. The van der Waals surface area contributed by atoms with E-state index in [1.54, 1.807) is 0 Å². The maximum Gasteiger partial charge on any atom is 0.324 e. The first kappa shape index (κ1) is 18.0. The van der Waals surface area contributed by atoms with Crippen LogP contribution >= 0.6 is 37.4 Å². The number of ether oxygens (including phenoxy) is 1. The topological polar surface area (TPSA) is 52.3 Å². The van der Waals surface area contributed by atoms with Gasteiger partial charge in [-0.25, -0.2) is 0 Å². The van der Waals surface area contributed by atoms with Crippen LogP contribution in [0.5, 0.6) is 0 Å². The number of carbonyl (C=O) groups excluding carboxylic acids is 1. The summed E-state index contributed by atoms with van der Waals surface area (Å²) in [6.07, 6.45) is 1.49. The summed E-state index contributed by atoms with van der Waals surface area (Å²) in [5.41, 5.74) is 5.27.